The van der Waals surface area contributed by atoms with Crippen LogP contribution in [0.2, 0.25) is 19.6 Å². The predicted octanol–water partition coefficient (Wildman–Crippen LogP) is 6.04. The molecule has 0 atom stereocenters. The number of rotatable bonds is 7. The second-order valence-corrected chi connectivity index (χ2v) is 19.0. The van der Waals surface area contributed by atoms with Gasteiger partial charge in [-0.05, 0) is 0 Å². The van der Waals surface area contributed by atoms with Gasteiger partial charge in [-0.15, -0.1) is 0 Å². The van der Waals surface area contributed by atoms with Crippen LogP contribution in [-0.4, -0.2) is 14.5 Å². The Labute approximate surface area is 174 Å². The molecule has 3 rings (SSSR count). The van der Waals surface area contributed by atoms with Gasteiger partial charge in [0.15, 0.2) is 0 Å². The Morgan fingerprint density at radius 3 is 1.39 bits per heavy atom. The van der Waals surface area contributed by atoms with Crippen LogP contribution in [0.1, 0.15) is 0 Å². The van der Waals surface area contributed by atoms with E-state index < -0.39 is 14.3 Å². The van der Waals surface area contributed by atoms with Crippen LogP contribution in [0.15, 0.2) is 103 Å². The van der Waals surface area contributed by atoms with Crippen molar-refractivity contribution in [2.75, 3.05) is 6.16 Å². The molecule has 0 aliphatic carbocycles. The Kier molecular flexibility index (Phi) is 6.14. The molecule has 0 spiro atoms. The maximum absolute atomic E-state index is 7.96. The van der Waals surface area contributed by atoms with E-state index >= 15 is 0 Å². The van der Waals surface area contributed by atoms with E-state index in [1.165, 1.54) is 15.9 Å². The van der Waals surface area contributed by atoms with Crippen LogP contribution in [0.3, 0.4) is 0 Å². The fourth-order valence-corrected chi connectivity index (χ4v) is 9.62. The fraction of sp³-hybridized carbons (Fsp3) is 0.167. The average Bonchev–Trinajstić information content (AvgIpc) is 2.72. The molecule has 0 radical (unpaired) electrons. The third-order valence-electron chi connectivity index (χ3n) is 4.85. The van der Waals surface area contributed by atoms with Crippen LogP contribution in [0, 0.1) is 0 Å². The summed E-state index contributed by atoms with van der Waals surface area (Å²) >= 11 is 7.96. The van der Waals surface area contributed by atoms with Gasteiger partial charge in [0.1, 0.15) is 0 Å². The quantitative estimate of drug-likeness (QED) is 0.254. The zero-order valence-corrected chi connectivity index (χ0v) is 19.4. The molecule has 146 valence electrons. The van der Waals surface area contributed by atoms with E-state index in [1.807, 2.05) is 24.5 Å². The van der Waals surface area contributed by atoms with E-state index in [1.54, 1.807) is 0 Å². The molecule has 0 bridgehead atoms. The summed E-state index contributed by atoms with van der Waals surface area (Å²) in [6.07, 6.45) is 4.69. The molecule has 0 aliphatic rings. The van der Waals surface area contributed by atoms with Crippen LogP contribution >= 0.6 is 17.2 Å². The molecule has 0 N–H and O–H groups in total. The summed E-state index contributed by atoms with van der Waals surface area (Å²) in [5.74, 6) is -3.21. The van der Waals surface area contributed by atoms with Crippen molar-refractivity contribution in [2.24, 2.45) is 0 Å². The van der Waals surface area contributed by atoms with E-state index in [0.29, 0.717) is 6.16 Å². The number of halogens is 1. The second-order valence-electron chi connectivity index (χ2n) is 7.97. The zero-order chi connectivity index (χ0) is 20.1. The molecule has 0 fully saturated rings. The van der Waals surface area contributed by atoms with Gasteiger partial charge < -0.3 is 0 Å². The van der Waals surface area contributed by atoms with E-state index in [-0.39, 0.29) is 0 Å². The normalized spacial score (nSPS) is 13.8. The molecule has 0 aromatic heterocycles. The van der Waals surface area contributed by atoms with Crippen molar-refractivity contribution in [1.82, 2.24) is 0 Å². The number of allylic oxidation sites excluding steroid dienone is 1. The van der Waals surface area contributed by atoms with Crippen molar-refractivity contribution in [3.8, 4) is 0 Å². The first kappa shape index (κ1) is 20.9. The van der Waals surface area contributed by atoms with Crippen LogP contribution in [0.5, 0.6) is 0 Å². The van der Waals surface area contributed by atoms with E-state index in [4.69, 9.17) is 15.7 Å². The van der Waals surface area contributed by atoms with Crippen LogP contribution < -0.4 is 15.9 Å². The number of hydrogen-bond donors (Lipinski definition) is 0. The molecule has 0 unspecified atom stereocenters. The molecule has 1 nitrogen and oxygen atoms in total. The van der Waals surface area contributed by atoms with E-state index in [9.17, 15) is 0 Å². The van der Waals surface area contributed by atoms with Gasteiger partial charge in [-0.25, -0.2) is 0 Å². The molecular weight excluding hydrogens is 399 g/mol. The Morgan fingerprint density at radius 2 is 1.07 bits per heavy atom. The van der Waals surface area contributed by atoms with Crippen LogP contribution in [-0.2, 0) is 4.43 Å². The van der Waals surface area contributed by atoms with Gasteiger partial charge in [0.05, 0.1) is 0 Å². The van der Waals surface area contributed by atoms with E-state index in [0.717, 1.165) is 0 Å². The Bertz CT molecular complexity index is 822. The van der Waals surface area contributed by atoms with Crippen molar-refractivity contribution in [3.05, 3.63) is 103 Å². The van der Waals surface area contributed by atoms with Gasteiger partial charge in [-0.3, -0.25) is 0 Å². The summed E-state index contributed by atoms with van der Waals surface area (Å²) in [4.78, 5) is 0. The topological polar surface area (TPSA) is 9.23 Å². The van der Waals surface area contributed by atoms with Crippen LogP contribution in [0.25, 0.3) is 0 Å². The maximum atomic E-state index is 7.96. The predicted molar refractivity (Wildman–Crippen MR) is 129 cm³/mol. The summed E-state index contributed by atoms with van der Waals surface area (Å²) in [6, 6.07) is 31.6. The SMILES string of the molecule is C[Si](C)(C)O/C=C\CP(Cl)(c1ccccc1)(c1ccccc1)c1ccccc1. The number of hydrogen-bond acceptors (Lipinski definition) is 1. The standard InChI is InChI=1S/C24H28ClOPSi/c1-28(2,3)26-20-13-21-27(25,22-14-7-4-8-15-22,23-16-9-5-10-17-23)24-18-11-6-12-19-24/h4-20H,21H2,1-3H3/b20-13-. The molecule has 0 amide bonds. The molecule has 0 saturated carbocycles. The third kappa shape index (κ3) is 4.10. The van der Waals surface area contributed by atoms with Crippen molar-refractivity contribution in [2.45, 2.75) is 19.6 Å². The first-order valence-electron chi connectivity index (χ1n) is 9.57. The second kappa shape index (κ2) is 8.25. The molecule has 3 aromatic carbocycles. The molecule has 0 heterocycles. The molecule has 0 saturated heterocycles. The van der Waals surface area contributed by atoms with Gasteiger partial charge in [-0.1, -0.05) is 0 Å². The fourth-order valence-electron chi connectivity index (χ4n) is 3.47. The van der Waals surface area contributed by atoms with Crippen LogP contribution in [0.4, 0.5) is 0 Å². The third-order valence-corrected chi connectivity index (χ3v) is 12.9. The molecule has 0 aliphatic heterocycles. The summed E-state index contributed by atoms with van der Waals surface area (Å²) < 4.78 is 6.00. The minimum atomic E-state index is -3.21. The Hall–Kier alpha value is -1.86. The monoisotopic (exact) mass is 426 g/mol. The number of benzene rings is 3. The summed E-state index contributed by atoms with van der Waals surface area (Å²) in [7, 11) is -1.63. The molecule has 4 heteroatoms. The summed E-state index contributed by atoms with van der Waals surface area (Å²) in [6.45, 7) is 6.55. The average molecular weight is 427 g/mol. The Balaban J connectivity index is 2.25. The van der Waals surface area contributed by atoms with Gasteiger partial charge in [0.2, 0.25) is 0 Å². The van der Waals surface area contributed by atoms with Crippen molar-refractivity contribution in [1.29, 1.82) is 0 Å². The van der Waals surface area contributed by atoms with Gasteiger partial charge >= 0.3 is 175 Å². The zero-order valence-electron chi connectivity index (χ0n) is 16.8. The molecule has 3 aromatic rings. The van der Waals surface area contributed by atoms with Crippen molar-refractivity contribution < 1.29 is 4.43 Å². The minimum absolute atomic E-state index is 0.704. The molecule has 28 heavy (non-hydrogen) atoms. The first-order chi connectivity index (χ1) is 13.3. The summed E-state index contributed by atoms with van der Waals surface area (Å²) in [5.41, 5.74) is 0. The van der Waals surface area contributed by atoms with Crippen molar-refractivity contribution >= 4 is 41.4 Å². The summed E-state index contributed by atoms with van der Waals surface area (Å²) in [5, 5.41) is 3.51. The Morgan fingerprint density at radius 1 is 0.714 bits per heavy atom. The van der Waals surface area contributed by atoms with Gasteiger partial charge in [0.25, 0.3) is 0 Å². The van der Waals surface area contributed by atoms with Gasteiger partial charge in [0, 0.05) is 0 Å². The van der Waals surface area contributed by atoms with E-state index in [2.05, 4.69) is 98.5 Å². The molecular formula is C24H28ClOPSi. The van der Waals surface area contributed by atoms with Gasteiger partial charge in [-0.2, -0.15) is 0 Å². The van der Waals surface area contributed by atoms with Crippen molar-refractivity contribution in [3.63, 3.8) is 0 Å². The first-order valence-corrected chi connectivity index (χ1v) is 16.3.